The standard InChI is InChI=1S/C10H8ClN3O2/c11-8-3-6(5-1-2-5)9-12-7(10(15)16)4-14(9)13-8/h3-5H,1-2H2,(H,15,16). The van der Waals surface area contributed by atoms with Crippen molar-refractivity contribution in [3.8, 4) is 0 Å². The second-order valence-corrected chi connectivity index (χ2v) is 4.28. The zero-order chi connectivity index (χ0) is 11.3. The first-order valence-electron chi connectivity index (χ1n) is 4.94. The molecule has 5 nitrogen and oxygen atoms in total. The average Bonchev–Trinajstić information content (AvgIpc) is 2.96. The summed E-state index contributed by atoms with van der Waals surface area (Å²) in [6, 6.07) is 1.77. The van der Waals surface area contributed by atoms with Crippen LogP contribution in [0.15, 0.2) is 12.3 Å². The van der Waals surface area contributed by atoms with Gasteiger partial charge in [-0.25, -0.2) is 14.3 Å². The van der Waals surface area contributed by atoms with E-state index in [9.17, 15) is 4.79 Å². The first kappa shape index (κ1) is 9.59. The highest BCUT2D eigenvalue weighted by molar-refractivity contribution is 6.29. The van der Waals surface area contributed by atoms with Crippen LogP contribution in [0.2, 0.25) is 5.15 Å². The molecule has 0 amide bonds. The third-order valence-electron chi connectivity index (χ3n) is 2.66. The number of hydrogen-bond donors (Lipinski definition) is 1. The van der Waals surface area contributed by atoms with Gasteiger partial charge in [0.2, 0.25) is 0 Å². The highest BCUT2D eigenvalue weighted by Crippen LogP contribution is 2.42. The average molecular weight is 238 g/mol. The molecular formula is C10H8ClN3O2. The van der Waals surface area contributed by atoms with Crippen LogP contribution in [0.3, 0.4) is 0 Å². The Morgan fingerprint density at radius 2 is 2.31 bits per heavy atom. The van der Waals surface area contributed by atoms with Crippen LogP contribution in [-0.4, -0.2) is 25.7 Å². The van der Waals surface area contributed by atoms with Crippen molar-refractivity contribution in [2.24, 2.45) is 0 Å². The predicted octanol–water partition coefficient (Wildman–Crippen LogP) is 1.96. The Balaban J connectivity index is 2.27. The molecule has 1 saturated carbocycles. The zero-order valence-corrected chi connectivity index (χ0v) is 8.98. The Labute approximate surface area is 95.7 Å². The Kier molecular flexibility index (Phi) is 1.91. The molecule has 3 rings (SSSR count). The summed E-state index contributed by atoms with van der Waals surface area (Å²) in [5.74, 6) is -0.601. The number of nitrogens with zero attached hydrogens (tertiary/aromatic N) is 3. The van der Waals surface area contributed by atoms with Crippen LogP contribution in [0, 0.1) is 0 Å². The fourth-order valence-corrected chi connectivity index (χ4v) is 1.97. The summed E-state index contributed by atoms with van der Waals surface area (Å²) in [4.78, 5) is 14.9. The summed E-state index contributed by atoms with van der Waals surface area (Å²) >= 11 is 5.88. The predicted molar refractivity (Wildman–Crippen MR) is 56.9 cm³/mol. The van der Waals surface area contributed by atoms with Gasteiger partial charge in [-0.2, -0.15) is 5.10 Å². The highest BCUT2D eigenvalue weighted by atomic mass is 35.5. The van der Waals surface area contributed by atoms with Crippen molar-refractivity contribution in [3.63, 3.8) is 0 Å². The molecule has 2 aromatic heterocycles. The number of carboxylic acid groups (broad SMARTS) is 1. The van der Waals surface area contributed by atoms with Gasteiger partial charge in [-0.1, -0.05) is 11.6 Å². The highest BCUT2D eigenvalue weighted by Gasteiger charge is 2.28. The lowest BCUT2D eigenvalue weighted by Crippen LogP contribution is -1.95. The van der Waals surface area contributed by atoms with Crippen LogP contribution < -0.4 is 0 Å². The third-order valence-corrected chi connectivity index (χ3v) is 2.84. The number of imidazole rings is 1. The first-order chi connectivity index (χ1) is 7.65. The lowest BCUT2D eigenvalue weighted by molar-refractivity contribution is 0.0691. The van der Waals surface area contributed by atoms with Gasteiger partial charge in [-0.15, -0.1) is 0 Å². The number of hydrogen-bond acceptors (Lipinski definition) is 3. The SMILES string of the molecule is O=C(O)c1cn2nc(Cl)cc(C3CC3)c2n1. The summed E-state index contributed by atoms with van der Waals surface area (Å²) in [5.41, 5.74) is 1.59. The van der Waals surface area contributed by atoms with Gasteiger partial charge in [0, 0.05) is 5.56 Å². The molecule has 1 aliphatic carbocycles. The number of halogens is 1. The van der Waals surface area contributed by atoms with Gasteiger partial charge in [0.15, 0.2) is 11.3 Å². The lowest BCUT2D eigenvalue weighted by Gasteiger charge is -2.00. The number of carbonyl (C=O) groups is 1. The first-order valence-corrected chi connectivity index (χ1v) is 5.32. The Morgan fingerprint density at radius 3 is 2.94 bits per heavy atom. The summed E-state index contributed by atoms with van der Waals surface area (Å²) in [5, 5.41) is 13.2. The topological polar surface area (TPSA) is 67.5 Å². The van der Waals surface area contributed by atoms with Crippen molar-refractivity contribution in [1.29, 1.82) is 0 Å². The summed E-state index contributed by atoms with van der Waals surface area (Å²) < 4.78 is 1.44. The zero-order valence-electron chi connectivity index (χ0n) is 8.22. The van der Waals surface area contributed by atoms with Crippen molar-refractivity contribution in [2.75, 3.05) is 0 Å². The summed E-state index contributed by atoms with van der Waals surface area (Å²) in [7, 11) is 0. The van der Waals surface area contributed by atoms with Crippen molar-refractivity contribution < 1.29 is 9.90 Å². The molecule has 0 bridgehead atoms. The van der Waals surface area contributed by atoms with Crippen molar-refractivity contribution >= 4 is 23.2 Å². The molecule has 0 spiro atoms. The van der Waals surface area contributed by atoms with E-state index in [-0.39, 0.29) is 5.69 Å². The van der Waals surface area contributed by atoms with Crippen LogP contribution in [0.1, 0.15) is 34.8 Å². The minimum absolute atomic E-state index is 0.00309. The fourth-order valence-electron chi connectivity index (χ4n) is 1.77. The van der Waals surface area contributed by atoms with E-state index in [1.165, 1.54) is 10.7 Å². The van der Waals surface area contributed by atoms with Gasteiger partial charge in [-0.05, 0) is 24.8 Å². The van der Waals surface area contributed by atoms with Gasteiger partial charge in [0.1, 0.15) is 5.15 Å². The molecule has 0 saturated heterocycles. The van der Waals surface area contributed by atoms with Gasteiger partial charge < -0.3 is 5.11 Å². The second-order valence-electron chi connectivity index (χ2n) is 3.90. The third kappa shape index (κ3) is 1.44. The molecule has 2 aromatic rings. The number of aromatic carboxylic acids is 1. The van der Waals surface area contributed by atoms with E-state index in [0.717, 1.165) is 18.4 Å². The Hall–Kier alpha value is -1.62. The Morgan fingerprint density at radius 1 is 1.56 bits per heavy atom. The van der Waals surface area contributed by atoms with E-state index in [1.54, 1.807) is 6.07 Å². The molecule has 1 aliphatic rings. The summed E-state index contributed by atoms with van der Waals surface area (Å²) in [6.07, 6.45) is 3.59. The fraction of sp³-hybridized carbons (Fsp3) is 0.300. The van der Waals surface area contributed by atoms with Crippen molar-refractivity contribution in [3.05, 3.63) is 28.7 Å². The Bertz CT molecular complexity index is 589. The van der Waals surface area contributed by atoms with Crippen LogP contribution in [0.25, 0.3) is 5.65 Å². The number of fused-ring (bicyclic) bond motifs is 1. The van der Waals surface area contributed by atoms with E-state index < -0.39 is 5.97 Å². The van der Waals surface area contributed by atoms with Crippen molar-refractivity contribution in [2.45, 2.75) is 18.8 Å². The van der Waals surface area contributed by atoms with E-state index in [1.807, 2.05) is 0 Å². The minimum Gasteiger partial charge on any atom is -0.476 e. The van der Waals surface area contributed by atoms with E-state index in [2.05, 4.69) is 10.1 Å². The number of carboxylic acids is 1. The molecule has 6 heteroatoms. The number of aromatic nitrogens is 3. The molecule has 1 N–H and O–H groups in total. The van der Waals surface area contributed by atoms with Gasteiger partial charge >= 0.3 is 5.97 Å². The largest absolute Gasteiger partial charge is 0.476 e. The van der Waals surface area contributed by atoms with Gasteiger partial charge in [0.25, 0.3) is 0 Å². The second kappa shape index (κ2) is 3.18. The smallest absolute Gasteiger partial charge is 0.356 e. The van der Waals surface area contributed by atoms with Crippen LogP contribution in [0.4, 0.5) is 0 Å². The van der Waals surface area contributed by atoms with Gasteiger partial charge in [0.05, 0.1) is 6.20 Å². The van der Waals surface area contributed by atoms with Crippen LogP contribution >= 0.6 is 11.6 Å². The molecule has 82 valence electrons. The molecule has 1 fully saturated rings. The maximum atomic E-state index is 10.8. The van der Waals surface area contributed by atoms with Crippen LogP contribution in [-0.2, 0) is 0 Å². The molecule has 0 atom stereocenters. The molecule has 0 unspecified atom stereocenters. The molecule has 2 heterocycles. The van der Waals surface area contributed by atoms with E-state index in [4.69, 9.17) is 16.7 Å². The molecular weight excluding hydrogens is 230 g/mol. The molecule has 0 aromatic carbocycles. The maximum absolute atomic E-state index is 10.8. The van der Waals surface area contributed by atoms with Crippen LogP contribution in [0.5, 0.6) is 0 Å². The van der Waals surface area contributed by atoms with E-state index in [0.29, 0.717) is 16.7 Å². The van der Waals surface area contributed by atoms with Gasteiger partial charge in [-0.3, -0.25) is 0 Å². The van der Waals surface area contributed by atoms with E-state index >= 15 is 0 Å². The minimum atomic E-state index is -1.05. The summed E-state index contributed by atoms with van der Waals surface area (Å²) in [6.45, 7) is 0. The quantitative estimate of drug-likeness (QED) is 0.867. The normalized spacial score (nSPS) is 15.6. The number of rotatable bonds is 2. The van der Waals surface area contributed by atoms with Crippen molar-refractivity contribution in [1.82, 2.24) is 14.6 Å². The maximum Gasteiger partial charge on any atom is 0.356 e. The molecule has 16 heavy (non-hydrogen) atoms. The molecule has 0 radical (unpaired) electrons. The monoisotopic (exact) mass is 237 g/mol. The molecule has 0 aliphatic heterocycles. The lowest BCUT2D eigenvalue weighted by atomic mass is 10.2.